The van der Waals surface area contributed by atoms with Crippen molar-refractivity contribution in [3.8, 4) is 11.3 Å². The number of aryl methyl sites for hydroxylation is 1. The van der Waals surface area contributed by atoms with E-state index in [1.807, 2.05) is 42.5 Å². The van der Waals surface area contributed by atoms with E-state index in [2.05, 4.69) is 15.5 Å². The summed E-state index contributed by atoms with van der Waals surface area (Å²) in [7, 11) is 1.80. The Kier molecular flexibility index (Phi) is 9.18. The van der Waals surface area contributed by atoms with Crippen LogP contribution in [0.5, 0.6) is 0 Å². The molecule has 174 valence electrons. The molecule has 0 radical (unpaired) electrons. The molecule has 0 aliphatic carbocycles. The number of unbranched alkanes of at least 4 members (excludes halogenated alkanes) is 2. The second kappa shape index (κ2) is 12.5. The summed E-state index contributed by atoms with van der Waals surface area (Å²) in [5, 5.41) is 10.1. The smallest absolute Gasteiger partial charge is 0.224 e. The molecule has 1 aromatic heterocycles. The summed E-state index contributed by atoms with van der Waals surface area (Å²) in [6.07, 6.45) is 4.35. The quantitative estimate of drug-likeness (QED) is 0.407. The fourth-order valence-electron chi connectivity index (χ4n) is 3.59. The summed E-state index contributed by atoms with van der Waals surface area (Å²) in [6.45, 7) is 1.04. The number of carbonyl (C=O) groups excluding carboxylic acids is 2. The van der Waals surface area contributed by atoms with Crippen LogP contribution in [-0.2, 0) is 22.4 Å². The van der Waals surface area contributed by atoms with Crippen molar-refractivity contribution in [2.24, 2.45) is 0 Å². The fraction of sp³-hybridized carbons (Fsp3) is 0.346. The van der Waals surface area contributed by atoms with Gasteiger partial charge in [0.05, 0.1) is 12.1 Å². The number of hydrogen-bond donors (Lipinski definition) is 2. The molecule has 0 atom stereocenters. The van der Waals surface area contributed by atoms with Crippen molar-refractivity contribution in [2.75, 3.05) is 20.1 Å². The lowest BCUT2D eigenvalue weighted by Gasteiger charge is -2.17. The minimum atomic E-state index is -0.273. The van der Waals surface area contributed by atoms with Gasteiger partial charge in [0.25, 0.3) is 0 Å². The highest BCUT2D eigenvalue weighted by Crippen LogP contribution is 2.19. The van der Waals surface area contributed by atoms with Gasteiger partial charge in [0.2, 0.25) is 11.8 Å². The summed E-state index contributed by atoms with van der Waals surface area (Å²) in [5.74, 6) is -0.315. The zero-order valence-corrected chi connectivity index (χ0v) is 19.0. The van der Waals surface area contributed by atoms with Gasteiger partial charge in [-0.2, -0.15) is 5.10 Å². The van der Waals surface area contributed by atoms with E-state index >= 15 is 0 Å². The number of carbonyl (C=O) groups is 2. The number of H-pyrrole nitrogens is 1. The Morgan fingerprint density at radius 1 is 1.03 bits per heavy atom. The normalized spacial score (nSPS) is 10.7. The fourth-order valence-corrected chi connectivity index (χ4v) is 3.59. The van der Waals surface area contributed by atoms with Crippen LogP contribution in [0.3, 0.4) is 0 Å². The summed E-state index contributed by atoms with van der Waals surface area (Å²) in [5.41, 5.74) is 3.48. The van der Waals surface area contributed by atoms with Gasteiger partial charge in [0.15, 0.2) is 0 Å². The number of aromatic amines is 1. The van der Waals surface area contributed by atoms with Crippen LogP contribution < -0.4 is 5.32 Å². The SMILES string of the molecule is CN(CCCCCc1cc(-c2cccc(F)c2)n[nH]1)C(=O)CCNC(=O)Cc1ccccc1. The molecule has 2 N–H and O–H groups in total. The number of hydrogen-bond acceptors (Lipinski definition) is 3. The molecular formula is C26H31FN4O2. The number of aromatic nitrogens is 2. The van der Waals surface area contributed by atoms with Gasteiger partial charge in [-0.05, 0) is 43.0 Å². The Morgan fingerprint density at radius 3 is 2.64 bits per heavy atom. The topological polar surface area (TPSA) is 78.1 Å². The zero-order valence-electron chi connectivity index (χ0n) is 19.0. The van der Waals surface area contributed by atoms with Gasteiger partial charge in [-0.15, -0.1) is 0 Å². The van der Waals surface area contributed by atoms with E-state index in [1.54, 1.807) is 18.0 Å². The first-order valence-electron chi connectivity index (χ1n) is 11.4. The van der Waals surface area contributed by atoms with Crippen LogP contribution in [0.1, 0.15) is 36.9 Å². The molecule has 7 heteroatoms. The Labute approximate surface area is 194 Å². The number of benzene rings is 2. The lowest BCUT2D eigenvalue weighted by atomic mass is 10.1. The van der Waals surface area contributed by atoms with E-state index in [4.69, 9.17) is 0 Å². The maximum atomic E-state index is 13.4. The number of amides is 2. The van der Waals surface area contributed by atoms with Gasteiger partial charge >= 0.3 is 0 Å². The van der Waals surface area contributed by atoms with Crippen LogP contribution >= 0.6 is 0 Å². The summed E-state index contributed by atoms with van der Waals surface area (Å²) in [6, 6.07) is 17.9. The highest BCUT2D eigenvalue weighted by molar-refractivity contribution is 5.80. The van der Waals surface area contributed by atoms with Crippen LogP contribution in [0.2, 0.25) is 0 Å². The molecule has 2 amide bonds. The zero-order chi connectivity index (χ0) is 23.5. The molecule has 0 bridgehead atoms. The van der Waals surface area contributed by atoms with Gasteiger partial charge in [-0.3, -0.25) is 14.7 Å². The molecule has 3 rings (SSSR count). The molecule has 0 aliphatic rings. The predicted octanol–water partition coefficient (Wildman–Crippen LogP) is 4.14. The highest BCUT2D eigenvalue weighted by Gasteiger charge is 2.10. The molecule has 0 saturated heterocycles. The molecule has 0 unspecified atom stereocenters. The predicted molar refractivity (Wildman–Crippen MR) is 127 cm³/mol. The maximum absolute atomic E-state index is 13.4. The van der Waals surface area contributed by atoms with Crippen molar-refractivity contribution in [2.45, 2.75) is 38.5 Å². The molecule has 2 aromatic carbocycles. The summed E-state index contributed by atoms with van der Waals surface area (Å²) < 4.78 is 13.4. The largest absolute Gasteiger partial charge is 0.355 e. The van der Waals surface area contributed by atoms with Crippen molar-refractivity contribution in [1.82, 2.24) is 20.4 Å². The van der Waals surface area contributed by atoms with E-state index in [-0.39, 0.29) is 17.6 Å². The average molecular weight is 451 g/mol. The number of rotatable bonds is 12. The van der Waals surface area contributed by atoms with Gasteiger partial charge < -0.3 is 10.2 Å². The summed E-state index contributed by atoms with van der Waals surface area (Å²) in [4.78, 5) is 26.0. The highest BCUT2D eigenvalue weighted by atomic mass is 19.1. The van der Waals surface area contributed by atoms with Crippen LogP contribution in [0, 0.1) is 5.82 Å². The van der Waals surface area contributed by atoms with Crippen LogP contribution in [-0.4, -0.2) is 47.0 Å². The van der Waals surface area contributed by atoms with E-state index < -0.39 is 0 Å². The molecule has 0 saturated carbocycles. The third-order valence-electron chi connectivity index (χ3n) is 5.49. The van der Waals surface area contributed by atoms with Crippen LogP contribution in [0.15, 0.2) is 60.7 Å². The van der Waals surface area contributed by atoms with Crippen molar-refractivity contribution >= 4 is 11.8 Å². The van der Waals surface area contributed by atoms with E-state index in [0.29, 0.717) is 25.9 Å². The first kappa shape index (κ1) is 24.2. The van der Waals surface area contributed by atoms with Gasteiger partial charge in [-0.25, -0.2) is 4.39 Å². The lowest BCUT2D eigenvalue weighted by Crippen LogP contribution is -2.33. The monoisotopic (exact) mass is 450 g/mol. The Bertz CT molecular complexity index is 1040. The minimum Gasteiger partial charge on any atom is -0.355 e. The number of halogens is 1. The van der Waals surface area contributed by atoms with Crippen LogP contribution in [0.4, 0.5) is 4.39 Å². The van der Waals surface area contributed by atoms with Gasteiger partial charge in [0.1, 0.15) is 5.82 Å². The second-order valence-electron chi connectivity index (χ2n) is 8.18. The Hall–Kier alpha value is -3.48. The van der Waals surface area contributed by atoms with Crippen molar-refractivity contribution in [3.63, 3.8) is 0 Å². The molecule has 33 heavy (non-hydrogen) atoms. The third-order valence-corrected chi connectivity index (χ3v) is 5.49. The third kappa shape index (κ3) is 8.18. The molecule has 6 nitrogen and oxygen atoms in total. The average Bonchev–Trinajstić information content (AvgIpc) is 3.28. The molecule has 1 heterocycles. The molecular weight excluding hydrogens is 419 g/mol. The number of nitrogens with zero attached hydrogens (tertiary/aromatic N) is 2. The standard InChI is InChI=1S/C26H31FN4O2/c1-31(26(33)14-15-28-25(32)17-20-9-4-2-5-10-20)16-7-3-6-13-23-19-24(30-29-23)21-11-8-12-22(27)18-21/h2,4-5,8-12,18-19H,3,6-7,13-17H2,1H3,(H,28,32)(H,29,30). The van der Waals surface area contributed by atoms with Gasteiger partial charge in [-0.1, -0.05) is 48.9 Å². The van der Waals surface area contributed by atoms with Crippen molar-refractivity contribution in [3.05, 3.63) is 77.7 Å². The number of nitrogens with one attached hydrogen (secondary N) is 2. The summed E-state index contributed by atoms with van der Waals surface area (Å²) >= 11 is 0. The van der Waals surface area contributed by atoms with Gasteiger partial charge in [0, 0.05) is 37.8 Å². The first-order valence-corrected chi connectivity index (χ1v) is 11.4. The maximum Gasteiger partial charge on any atom is 0.224 e. The molecule has 0 aliphatic heterocycles. The Balaban J connectivity index is 1.27. The first-order chi connectivity index (χ1) is 16.0. The van der Waals surface area contributed by atoms with Crippen molar-refractivity contribution < 1.29 is 14.0 Å². The Morgan fingerprint density at radius 2 is 1.85 bits per heavy atom. The molecule has 0 fully saturated rings. The lowest BCUT2D eigenvalue weighted by molar-refractivity contribution is -0.130. The molecule has 0 spiro atoms. The second-order valence-corrected chi connectivity index (χ2v) is 8.18. The van der Waals surface area contributed by atoms with E-state index in [1.165, 1.54) is 12.1 Å². The van der Waals surface area contributed by atoms with E-state index in [9.17, 15) is 14.0 Å². The van der Waals surface area contributed by atoms with E-state index in [0.717, 1.165) is 48.2 Å². The van der Waals surface area contributed by atoms with Crippen molar-refractivity contribution in [1.29, 1.82) is 0 Å². The minimum absolute atomic E-state index is 0.0308. The molecule has 3 aromatic rings. The van der Waals surface area contributed by atoms with Crippen LogP contribution in [0.25, 0.3) is 11.3 Å².